The molecule has 0 amide bonds. The highest BCUT2D eigenvalue weighted by atomic mass is 16.5. The number of nitrogens with two attached hydrogens (primary N) is 1. The molecule has 2 rings (SSSR count). The second-order valence-corrected chi connectivity index (χ2v) is 4.34. The fourth-order valence-electron chi connectivity index (χ4n) is 1.58. The van der Waals surface area contributed by atoms with Crippen molar-refractivity contribution in [2.75, 3.05) is 7.11 Å². The average molecular weight is 263 g/mol. The van der Waals surface area contributed by atoms with Crippen LogP contribution in [0.3, 0.4) is 0 Å². The van der Waals surface area contributed by atoms with Crippen LogP contribution >= 0.6 is 0 Å². The molecule has 7 heteroatoms. The number of methoxy groups -OCH3 is 1. The highest BCUT2D eigenvalue weighted by Crippen LogP contribution is 2.15. The van der Waals surface area contributed by atoms with Gasteiger partial charge in [-0.05, 0) is 25.8 Å². The molecule has 0 aliphatic heterocycles. The molecule has 2 N–H and O–H groups in total. The predicted molar refractivity (Wildman–Crippen MR) is 68.5 cm³/mol. The molecule has 0 spiro atoms. The first-order valence-electron chi connectivity index (χ1n) is 6.15. The van der Waals surface area contributed by atoms with Gasteiger partial charge in [0.25, 0.3) is 0 Å². The molecule has 0 aliphatic carbocycles. The zero-order valence-electron chi connectivity index (χ0n) is 11.0. The highest BCUT2D eigenvalue weighted by molar-refractivity contribution is 5.47. The van der Waals surface area contributed by atoms with Gasteiger partial charge in [-0.2, -0.15) is 4.98 Å². The standard InChI is InChI=1S/C12H17N5O2/c1-8(13)4-3-5-10-14-12(17-19-10)9-6-7-11(18-2)16-15-9/h6-8H,3-5,13H2,1-2H3. The van der Waals surface area contributed by atoms with Crippen LogP contribution in [0.4, 0.5) is 0 Å². The first kappa shape index (κ1) is 13.4. The first-order valence-corrected chi connectivity index (χ1v) is 6.15. The molecule has 2 heterocycles. The van der Waals surface area contributed by atoms with E-state index in [1.54, 1.807) is 12.1 Å². The van der Waals surface area contributed by atoms with E-state index in [-0.39, 0.29) is 6.04 Å². The number of rotatable bonds is 6. The molecule has 2 aromatic rings. The Kier molecular flexibility index (Phi) is 4.40. The summed E-state index contributed by atoms with van der Waals surface area (Å²) in [6.45, 7) is 1.98. The Labute approximate surface area is 111 Å². The van der Waals surface area contributed by atoms with Crippen LogP contribution in [0, 0.1) is 0 Å². The maximum atomic E-state index is 5.68. The van der Waals surface area contributed by atoms with Gasteiger partial charge in [-0.3, -0.25) is 0 Å². The van der Waals surface area contributed by atoms with Crippen LogP contribution in [0.1, 0.15) is 25.7 Å². The van der Waals surface area contributed by atoms with E-state index in [0.717, 1.165) is 19.3 Å². The van der Waals surface area contributed by atoms with E-state index in [2.05, 4.69) is 20.3 Å². The lowest BCUT2D eigenvalue weighted by Crippen LogP contribution is -2.14. The molecule has 0 bridgehead atoms. The summed E-state index contributed by atoms with van der Waals surface area (Å²) in [4.78, 5) is 4.27. The summed E-state index contributed by atoms with van der Waals surface area (Å²) in [5.74, 6) is 1.48. The van der Waals surface area contributed by atoms with Crippen molar-refractivity contribution in [1.29, 1.82) is 0 Å². The van der Waals surface area contributed by atoms with E-state index in [0.29, 0.717) is 23.3 Å². The minimum atomic E-state index is 0.190. The maximum absolute atomic E-state index is 5.68. The van der Waals surface area contributed by atoms with Crippen LogP contribution < -0.4 is 10.5 Å². The molecule has 1 atom stereocenters. The highest BCUT2D eigenvalue weighted by Gasteiger charge is 2.10. The SMILES string of the molecule is COc1ccc(-c2noc(CCCC(C)N)n2)nn1. The van der Waals surface area contributed by atoms with Crippen molar-refractivity contribution >= 4 is 0 Å². The number of nitrogens with zero attached hydrogens (tertiary/aromatic N) is 4. The van der Waals surface area contributed by atoms with Gasteiger partial charge in [0.15, 0.2) is 0 Å². The lowest BCUT2D eigenvalue weighted by atomic mass is 10.1. The predicted octanol–water partition coefficient (Wildman–Crippen LogP) is 1.21. The second-order valence-electron chi connectivity index (χ2n) is 4.34. The quantitative estimate of drug-likeness (QED) is 0.835. The van der Waals surface area contributed by atoms with Gasteiger partial charge in [-0.25, -0.2) is 0 Å². The minimum absolute atomic E-state index is 0.190. The molecule has 2 aromatic heterocycles. The topological polar surface area (TPSA) is 100.0 Å². The largest absolute Gasteiger partial charge is 0.480 e. The number of aryl methyl sites for hydroxylation is 1. The lowest BCUT2D eigenvalue weighted by Gasteiger charge is -2.00. The molecule has 0 fully saturated rings. The van der Waals surface area contributed by atoms with Gasteiger partial charge < -0.3 is 15.0 Å². The van der Waals surface area contributed by atoms with Crippen molar-refractivity contribution in [2.45, 2.75) is 32.2 Å². The molecular weight excluding hydrogens is 246 g/mol. The van der Waals surface area contributed by atoms with Crippen LogP contribution in [0.2, 0.25) is 0 Å². The van der Waals surface area contributed by atoms with Gasteiger partial charge in [-0.1, -0.05) is 5.16 Å². The van der Waals surface area contributed by atoms with Gasteiger partial charge in [-0.15, -0.1) is 10.2 Å². The van der Waals surface area contributed by atoms with Crippen LogP contribution in [-0.2, 0) is 6.42 Å². The maximum Gasteiger partial charge on any atom is 0.233 e. The van der Waals surface area contributed by atoms with Crippen LogP contribution in [0.25, 0.3) is 11.5 Å². The van der Waals surface area contributed by atoms with Gasteiger partial charge >= 0.3 is 0 Å². The Morgan fingerprint density at radius 3 is 2.84 bits per heavy atom. The molecule has 0 saturated carbocycles. The third-order valence-corrected chi connectivity index (χ3v) is 2.60. The van der Waals surface area contributed by atoms with E-state index in [1.165, 1.54) is 7.11 Å². The molecule has 1 unspecified atom stereocenters. The average Bonchev–Trinajstić information content (AvgIpc) is 2.87. The van der Waals surface area contributed by atoms with E-state index in [1.807, 2.05) is 6.92 Å². The third kappa shape index (κ3) is 3.72. The van der Waals surface area contributed by atoms with Crippen LogP contribution in [0.15, 0.2) is 16.7 Å². The second kappa shape index (κ2) is 6.24. The Morgan fingerprint density at radius 2 is 2.21 bits per heavy atom. The number of hydrogen-bond donors (Lipinski definition) is 1. The van der Waals surface area contributed by atoms with Crippen molar-refractivity contribution in [3.8, 4) is 17.4 Å². The van der Waals surface area contributed by atoms with Crippen molar-refractivity contribution in [3.63, 3.8) is 0 Å². The Morgan fingerprint density at radius 1 is 1.37 bits per heavy atom. The zero-order chi connectivity index (χ0) is 13.7. The van der Waals surface area contributed by atoms with E-state index >= 15 is 0 Å². The van der Waals surface area contributed by atoms with Gasteiger partial charge in [0, 0.05) is 18.5 Å². The first-order chi connectivity index (χ1) is 9.19. The van der Waals surface area contributed by atoms with Crippen LogP contribution in [-0.4, -0.2) is 33.5 Å². The normalized spacial score (nSPS) is 12.4. The van der Waals surface area contributed by atoms with Crippen molar-refractivity contribution in [1.82, 2.24) is 20.3 Å². The Hall–Kier alpha value is -2.02. The monoisotopic (exact) mass is 263 g/mol. The van der Waals surface area contributed by atoms with Gasteiger partial charge in [0.1, 0.15) is 5.69 Å². The summed E-state index contributed by atoms with van der Waals surface area (Å²) in [5.41, 5.74) is 6.24. The molecule has 0 aliphatic rings. The number of ether oxygens (including phenoxy) is 1. The Balaban J connectivity index is 1.99. The molecular formula is C12H17N5O2. The van der Waals surface area contributed by atoms with Crippen molar-refractivity contribution in [3.05, 3.63) is 18.0 Å². The van der Waals surface area contributed by atoms with Gasteiger partial charge in [0.05, 0.1) is 7.11 Å². The van der Waals surface area contributed by atoms with E-state index in [4.69, 9.17) is 15.0 Å². The molecule has 102 valence electrons. The third-order valence-electron chi connectivity index (χ3n) is 2.60. The zero-order valence-corrected chi connectivity index (χ0v) is 11.0. The summed E-state index contributed by atoms with van der Waals surface area (Å²) < 4.78 is 10.1. The smallest absolute Gasteiger partial charge is 0.233 e. The Bertz CT molecular complexity index is 509. The molecule has 0 saturated heterocycles. The van der Waals surface area contributed by atoms with Gasteiger partial charge in [0.2, 0.25) is 17.6 Å². The molecule has 19 heavy (non-hydrogen) atoms. The lowest BCUT2D eigenvalue weighted by molar-refractivity contribution is 0.373. The summed E-state index contributed by atoms with van der Waals surface area (Å²) in [6, 6.07) is 3.63. The summed E-state index contributed by atoms with van der Waals surface area (Å²) in [5, 5.41) is 11.7. The number of hydrogen-bond acceptors (Lipinski definition) is 7. The minimum Gasteiger partial charge on any atom is -0.480 e. The summed E-state index contributed by atoms with van der Waals surface area (Å²) >= 11 is 0. The number of aromatic nitrogens is 4. The summed E-state index contributed by atoms with van der Waals surface area (Å²) in [7, 11) is 1.54. The molecule has 0 radical (unpaired) electrons. The molecule has 0 aromatic carbocycles. The fourth-order valence-corrected chi connectivity index (χ4v) is 1.58. The summed E-state index contributed by atoms with van der Waals surface area (Å²) in [6.07, 6.45) is 2.58. The van der Waals surface area contributed by atoms with E-state index < -0.39 is 0 Å². The molecule has 7 nitrogen and oxygen atoms in total. The fraction of sp³-hybridized carbons (Fsp3) is 0.500. The van der Waals surface area contributed by atoms with Crippen molar-refractivity contribution in [2.24, 2.45) is 5.73 Å². The van der Waals surface area contributed by atoms with E-state index in [9.17, 15) is 0 Å². The van der Waals surface area contributed by atoms with Crippen molar-refractivity contribution < 1.29 is 9.26 Å². The van der Waals surface area contributed by atoms with Crippen LogP contribution in [0.5, 0.6) is 5.88 Å².